The summed E-state index contributed by atoms with van der Waals surface area (Å²) in [6, 6.07) is 6.91. The Hall–Kier alpha value is -2.68. The molecule has 0 aliphatic heterocycles. The molecule has 0 spiro atoms. The van der Waals surface area contributed by atoms with E-state index in [4.69, 9.17) is 4.74 Å². The molecule has 3 aromatic rings. The van der Waals surface area contributed by atoms with Crippen molar-refractivity contribution in [2.75, 3.05) is 26.1 Å². The average Bonchev–Trinajstić information content (AvgIpc) is 2.97. The molecule has 0 amide bonds. The predicted octanol–water partition coefficient (Wildman–Crippen LogP) is 1.97. The van der Waals surface area contributed by atoms with Crippen molar-refractivity contribution in [2.24, 2.45) is 7.05 Å². The maximum Gasteiger partial charge on any atom is 0.251 e. The van der Waals surface area contributed by atoms with Gasteiger partial charge >= 0.3 is 0 Å². The minimum absolute atomic E-state index is 0.187. The van der Waals surface area contributed by atoms with Crippen LogP contribution in [0.5, 0.6) is 5.75 Å². The molecule has 0 N–H and O–H groups in total. The molecule has 3 rings (SSSR count). The van der Waals surface area contributed by atoms with Gasteiger partial charge in [-0.2, -0.15) is 9.97 Å². The van der Waals surface area contributed by atoms with Crippen LogP contribution in [0.3, 0.4) is 0 Å². The van der Waals surface area contributed by atoms with E-state index in [0.717, 1.165) is 5.82 Å². The number of rotatable bonds is 6. The molecule has 0 atom stereocenters. The van der Waals surface area contributed by atoms with E-state index >= 15 is 0 Å². The lowest BCUT2D eigenvalue weighted by atomic mass is 10.2. The molecule has 1 aromatic carbocycles. The number of aryl methyl sites for hydroxylation is 2. The van der Waals surface area contributed by atoms with Crippen LogP contribution in [0.2, 0.25) is 0 Å². The van der Waals surface area contributed by atoms with Gasteiger partial charge < -0.3 is 14.2 Å². The van der Waals surface area contributed by atoms with E-state index in [-0.39, 0.29) is 10.9 Å². The zero-order chi connectivity index (χ0) is 19.8. The lowest BCUT2D eigenvalue weighted by Crippen LogP contribution is -2.16. The summed E-state index contributed by atoms with van der Waals surface area (Å²) in [7, 11) is 3.29. The van der Waals surface area contributed by atoms with Gasteiger partial charge in [-0.05, 0) is 17.7 Å². The standard InChI is InChI=1S/C18H23N5O3S/c1-6-14-19-15-16(22(2)3)20-18(21-17(15)23(14)4)27(24,25)11-12-7-9-13(26-5)10-8-12/h7-10H,6,11H2,1-5H3. The quantitative estimate of drug-likeness (QED) is 0.595. The molecule has 0 aliphatic carbocycles. The molecule has 0 fully saturated rings. The molecule has 2 aromatic heterocycles. The van der Waals surface area contributed by atoms with E-state index in [1.165, 1.54) is 0 Å². The largest absolute Gasteiger partial charge is 0.497 e. The number of sulfone groups is 1. The van der Waals surface area contributed by atoms with Crippen LogP contribution >= 0.6 is 0 Å². The molecular weight excluding hydrogens is 366 g/mol. The van der Waals surface area contributed by atoms with E-state index in [2.05, 4.69) is 15.0 Å². The Labute approximate surface area is 158 Å². The summed E-state index contributed by atoms with van der Waals surface area (Å²) in [5, 5.41) is -0.194. The maximum absolute atomic E-state index is 13.0. The minimum atomic E-state index is -3.73. The number of fused-ring (bicyclic) bond motifs is 1. The van der Waals surface area contributed by atoms with Gasteiger partial charge in [0.15, 0.2) is 17.0 Å². The van der Waals surface area contributed by atoms with Crippen LogP contribution in [0.15, 0.2) is 29.4 Å². The van der Waals surface area contributed by atoms with Crippen molar-refractivity contribution in [1.82, 2.24) is 19.5 Å². The summed E-state index contributed by atoms with van der Waals surface area (Å²) in [6.07, 6.45) is 0.716. The Balaban J connectivity index is 2.09. The molecule has 9 heteroatoms. The molecule has 0 radical (unpaired) electrons. The van der Waals surface area contributed by atoms with Crippen molar-refractivity contribution in [3.8, 4) is 5.75 Å². The highest BCUT2D eigenvalue weighted by Crippen LogP contribution is 2.25. The Kier molecular flexibility index (Phi) is 5.05. The second kappa shape index (κ2) is 7.15. The number of benzene rings is 1. The third-order valence-electron chi connectivity index (χ3n) is 4.31. The highest BCUT2D eigenvalue weighted by Gasteiger charge is 2.24. The first-order chi connectivity index (χ1) is 12.8. The van der Waals surface area contributed by atoms with Crippen molar-refractivity contribution in [1.29, 1.82) is 0 Å². The molecule has 0 saturated heterocycles. The van der Waals surface area contributed by atoms with Crippen LogP contribution < -0.4 is 9.64 Å². The lowest BCUT2D eigenvalue weighted by Gasteiger charge is -2.13. The first-order valence-corrected chi connectivity index (χ1v) is 10.2. The van der Waals surface area contributed by atoms with Crippen molar-refractivity contribution in [3.63, 3.8) is 0 Å². The average molecular weight is 389 g/mol. The number of methoxy groups -OCH3 is 1. The van der Waals surface area contributed by atoms with Crippen LogP contribution in [0.25, 0.3) is 11.2 Å². The van der Waals surface area contributed by atoms with Crippen LogP contribution in [0.4, 0.5) is 5.82 Å². The lowest BCUT2D eigenvalue weighted by molar-refractivity contribution is 0.414. The number of nitrogens with zero attached hydrogens (tertiary/aromatic N) is 5. The van der Waals surface area contributed by atoms with Crippen LogP contribution in [-0.2, 0) is 29.1 Å². The molecule has 0 unspecified atom stereocenters. The van der Waals surface area contributed by atoms with Crippen molar-refractivity contribution in [2.45, 2.75) is 24.3 Å². The zero-order valence-electron chi connectivity index (χ0n) is 16.1. The first-order valence-electron chi connectivity index (χ1n) is 8.53. The topological polar surface area (TPSA) is 90.2 Å². The summed E-state index contributed by atoms with van der Waals surface area (Å²) in [4.78, 5) is 15.0. The van der Waals surface area contributed by atoms with Crippen LogP contribution in [0.1, 0.15) is 18.3 Å². The number of hydrogen-bond acceptors (Lipinski definition) is 7. The summed E-state index contributed by atoms with van der Waals surface area (Å²) < 4.78 is 32.8. The van der Waals surface area contributed by atoms with Gasteiger partial charge in [-0.1, -0.05) is 19.1 Å². The van der Waals surface area contributed by atoms with Gasteiger partial charge in [-0.25, -0.2) is 13.4 Å². The second-order valence-electron chi connectivity index (χ2n) is 6.44. The molecule has 27 heavy (non-hydrogen) atoms. The summed E-state index contributed by atoms with van der Waals surface area (Å²) in [5.74, 6) is 1.80. The summed E-state index contributed by atoms with van der Waals surface area (Å²) >= 11 is 0. The van der Waals surface area contributed by atoms with E-state index in [0.29, 0.717) is 34.7 Å². The highest BCUT2D eigenvalue weighted by molar-refractivity contribution is 7.90. The molecular formula is C18H23N5O3S. The van der Waals surface area contributed by atoms with E-state index < -0.39 is 9.84 Å². The summed E-state index contributed by atoms with van der Waals surface area (Å²) in [6.45, 7) is 1.99. The van der Waals surface area contributed by atoms with Gasteiger partial charge in [0.1, 0.15) is 11.6 Å². The fourth-order valence-electron chi connectivity index (χ4n) is 2.85. The zero-order valence-corrected chi connectivity index (χ0v) is 16.9. The Morgan fingerprint density at radius 2 is 1.78 bits per heavy atom. The number of ether oxygens (including phenoxy) is 1. The number of anilines is 1. The first kappa shape index (κ1) is 19.1. The smallest absolute Gasteiger partial charge is 0.251 e. The number of hydrogen-bond donors (Lipinski definition) is 0. The third-order valence-corrected chi connectivity index (χ3v) is 5.76. The van der Waals surface area contributed by atoms with E-state index in [1.54, 1.807) is 36.3 Å². The highest BCUT2D eigenvalue weighted by atomic mass is 32.2. The fraction of sp³-hybridized carbons (Fsp3) is 0.389. The van der Waals surface area contributed by atoms with E-state index in [1.807, 2.05) is 32.6 Å². The molecule has 2 heterocycles. The van der Waals surface area contributed by atoms with Crippen molar-refractivity contribution in [3.05, 3.63) is 35.7 Å². The Bertz CT molecular complexity index is 1070. The van der Waals surface area contributed by atoms with Gasteiger partial charge in [-0.15, -0.1) is 0 Å². The normalized spacial score (nSPS) is 11.7. The van der Waals surface area contributed by atoms with Gasteiger partial charge in [0.25, 0.3) is 5.16 Å². The molecule has 0 bridgehead atoms. The molecule has 0 saturated carbocycles. The minimum Gasteiger partial charge on any atom is -0.497 e. The van der Waals surface area contributed by atoms with Gasteiger partial charge in [0.2, 0.25) is 9.84 Å². The van der Waals surface area contributed by atoms with Crippen LogP contribution in [0, 0.1) is 0 Å². The second-order valence-corrected chi connectivity index (χ2v) is 8.33. The summed E-state index contributed by atoms with van der Waals surface area (Å²) in [5.41, 5.74) is 1.76. The molecule has 8 nitrogen and oxygen atoms in total. The van der Waals surface area contributed by atoms with Gasteiger partial charge in [0.05, 0.1) is 12.9 Å². The monoisotopic (exact) mass is 389 g/mol. The van der Waals surface area contributed by atoms with Gasteiger partial charge in [-0.3, -0.25) is 0 Å². The van der Waals surface area contributed by atoms with Crippen molar-refractivity contribution < 1.29 is 13.2 Å². The number of imidazole rings is 1. The third kappa shape index (κ3) is 3.59. The SMILES string of the molecule is CCc1nc2c(N(C)C)nc(S(=O)(=O)Cc3ccc(OC)cc3)nc2n1C. The molecule has 0 aliphatic rings. The Morgan fingerprint density at radius 3 is 2.33 bits per heavy atom. The molecule has 144 valence electrons. The fourth-order valence-corrected chi connectivity index (χ4v) is 4.06. The van der Waals surface area contributed by atoms with E-state index in [9.17, 15) is 8.42 Å². The predicted molar refractivity (Wildman–Crippen MR) is 104 cm³/mol. The number of aromatic nitrogens is 4. The van der Waals surface area contributed by atoms with Crippen LogP contribution in [-0.4, -0.2) is 49.1 Å². The van der Waals surface area contributed by atoms with Crippen molar-refractivity contribution >= 4 is 26.8 Å². The Morgan fingerprint density at radius 1 is 1.11 bits per heavy atom. The van der Waals surface area contributed by atoms with Gasteiger partial charge in [0, 0.05) is 27.6 Å². The maximum atomic E-state index is 13.0.